The lowest BCUT2D eigenvalue weighted by Crippen LogP contribution is -2.59. The molecule has 3 rings (SSSR count). The van der Waals surface area contributed by atoms with Crippen LogP contribution in [0.1, 0.15) is 24.6 Å². The number of thioether (sulfide) groups is 1. The van der Waals surface area contributed by atoms with Crippen LogP contribution < -0.4 is 16.0 Å². The molecule has 9 heteroatoms. The van der Waals surface area contributed by atoms with E-state index in [9.17, 15) is 14.0 Å². The third-order valence-corrected chi connectivity index (χ3v) is 6.20. The third-order valence-electron chi connectivity index (χ3n) is 4.26. The number of benzene rings is 1. The molecule has 6 nitrogen and oxygen atoms in total. The minimum atomic E-state index is -0.476. The van der Waals surface area contributed by atoms with Gasteiger partial charge in [0.2, 0.25) is 11.8 Å². The largest absolute Gasteiger partial charge is 0.331 e. The first-order valence-electron chi connectivity index (χ1n) is 8.56. The number of nitrogens with zero attached hydrogens (tertiary/aromatic N) is 1. The number of nitrogens with one attached hydrogen (secondary N) is 3. The predicted molar refractivity (Wildman–Crippen MR) is 106 cm³/mol. The minimum Gasteiger partial charge on any atom is -0.331 e. The van der Waals surface area contributed by atoms with E-state index in [1.807, 2.05) is 19.2 Å². The van der Waals surface area contributed by atoms with Crippen LogP contribution in [0.5, 0.6) is 0 Å². The van der Waals surface area contributed by atoms with Gasteiger partial charge in [-0.15, -0.1) is 23.1 Å². The number of hydrogen-bond donors (Lipinski definition) is 3. The number of amides is 2. The van der Waals surface area contributed by atoms with Gasteiger partial charge in [-0.25, -0.2) is 9.37 Å². The van der Waals surface area contributed by atoms with Crippen molar-refractivity contribution in [2.75, 3.05) is 5.32 Å². The summed E-state index contributed by atoms with van der Waals surface area (Å²) in [6, 6.07) is 6.40. The molecule has 144 valence electrons. The van der Waals surface area contributed by atoms with Crippen molar-refractivity contribution in [3.8, 4) is 0 Å². The highest BCUT2D eigenvalue weighted by Gasteiger charge is 2.35. The number of aromatic nitrogens is 1. The molecule has 0 aliphatic carbocycles. The van der Waals surface area contributed by atoms with Gasteiger partial charge in [-0.05, 0) is 25.5 Å². The first-order valence-corrected chi connectivity index (χ1v) is 10.5. The van der Waals surface area contributed by atoms with Crippen molar-refractivity contribution < 1.29 is 14.0 Å². The van der Waals surface area contributed by atoms with Crippen LogP contribution in [0.3, 0.4) is 0 Å². The van der Waals surface area contributed by atoms with E-state index in [0.717, 1.165) is 5.69 Å². The van der Waals surface area contributed by atoms with Crippen LogP contribution in [-0.4, -0.2) is 28.3 Å². The molecular formula is C18H21FN4O2S2. The zero-order valence-corrected chi connectivity index (χ0v) is 16.6. The second-order valence-electron chi connectivity index (χ2n) is 6.40. The van der Waals surface area contributed by atoms with Crippen molar-refractivity contribution in [1.82, 2.24) is 15.6 Å². The molecule has 2 amide bonds. The molecule has 0 saturated carbocycles. The summed E-state index contributed by atoms with van der Waals surface area (Å²) in [6.07, 6.45) is 0.0727. The Hall–Kier alpha value is -1.97. The molecule has 1 aliphatic heterocycles. The van der Waals surface area contributed by atoms with Gasteiger partial charge in [0.15, 0.2) is 5.13 Å². The number of halogens is 1. The maximum absolute atomic E-state index is 13.7. The third kappa shape index (κ3) is 5.27. The standard InChI is InChI=1S/C18H21FN4O2S2/c1-10-8-26-17(20-10)22-15(24)7-13-11(2)21-18(23-16(13)25)27-9-12-5-3-4-6-14(12)19/h3-6,8,11,13,18,21H,7,9H2,1-2H3,(H,23,25)(H,20,22,24). The Morgan fingerprint density at radius 2 is 2.19 bits per heavy atom. The monoisotopic (exact) mass is 408 g/mol. The lowest BCUT2D eigenvalue weighted by Gasteiger charge is -2.35. The highest BCUT2D eigenvalue weighted by atomic mass is 32.2. The van der Waals surface area contributed by atoms with Gasteiger partial charge in [-0.1, -0.05) is 18.2 Å². The van der Waals surface area contributed by atoms with Crippen LogP contribution in [0.4, 0.5) is 9.52 Å². The molecule has 27 heavy (non-hydrogen) atoms. The number of rotatable bonds is 6. The molecule has 1 aliphatic rings. The zero-order valence-electron chi connectivity index (χ0n) is 15.0. The Morgan fingerprint density at radius 1 is 1.41 bits per heavy atom. The number of hydrogen-bond acceptors (Lipinski definition) is 6. The van der Waals surface area contributed by atoms with E-state index >= 15 is 0 Å². The Labute approximate surface area is 165 Å². The Morgan fingerprint density at radius 3 is 2.85 bits per heavy atom. The highest BCUT2D eigenvalue weighted by Crippen LogP contribution is 2.23. The molecule has 1 aromatic heterocycles. The van der Waals surface area contributed by atoms with Gasteiger partial charge < -0.3 is 10.6 Å². The van der Waals surface area contributed by atoms with Crippen molar-refractivity contribution in [3.63, 3.8) is 0 Å². The summed E-state index contributed by atoms with van der Waals surface area (Å²) in [4.78, 5) is 28.9. The van der Waals surface area contributed by atoms with Crippen LogP contribution in [-0.2, 0) is 15.3 Å². The average Bonchev–Trinajstić information content (AvgIpc) is 3.02. The Balaban J connectivity index is 1.51. The molecule has 0 radical (unpaired) electrons. The van der Waals surface area contributed by atoms with Gasteiger partial charge in [-0.2, -0.15) is 0 Å². The van der Waals surface area contributed by atoms with Gasteiger partial charge in [0.25, 0.3) is 0 Å². The van der Waals surface area contributed by atoms with Crippen molar-refractivity contribution in [1.29, 1.82) is 0 Å². The molecule has 0 spiro atoms. The second-order valence-corrected chi connectivity index (χ2v) is 8.35. The molecule has 3 atom stereocenters. The van der Waals surface area contributed by atoms with E-state index in [-0.39, 0.29) is 35.6 Å². The lowest BCUT2D eigenvalue weighted by atomic mass is 9.94. The fourth-order valence-corrected chi connectivity index (χ4v) is 4.58. The number of aryl methyl sites for hydroxylation is 1. The van der Waals surface area contributed by atoms with Crippen molar-refractivity contribution in [2.45, 2.75) is 37.6 Å². The number of anilines is 1. The molecule has 0 bridgehead atoms. The van der Waals surface area contributed by atoms with Crippen LogP contribution in [0.15, 0.2) is 29.6 Å². The lowest BCUT2D eigenvalue weighted by molar-refractivity contribution is -0.131. The van der Waals surface area contributed by atoms with E-state index in [4.69, 9.17) is 0 Å². The first kappa shape index (κ1) is 19.8. The molecule has 1 aromatic carbocycles. The second kappa shape index (κ2) is 8.81. The molecule has 1 saturated heterocycles. The quantitative estimate of drug-likeness (QED) is 0.685. The minimum absolute atomic E-state index is 0.0727. The summed E-state index contributed by atoms with van der Waals surface area (Å²) >= 11 is 2.76. The molecule has 1 fully saturated rings. The fourth-order valence-electron chi connectivity index (χ4n) is 2.79. The summed E-state index contributed by atoms with van der Waals surface area (Å²) in [5.41, 5.74) is 1.11. The van der Waals surface area contributed by atoms with E-state index in [1.165, 1.54) is 29.2 Å². The van der Waals surface area contributed by atoms with E-state index in [2.05, 4.69) is 20.9 Å². The molecule has 3 unspecified atom stereocenters. The number of carbonyl (C=O) groups excluding carboxylic acids is 2. The van der Waals surface area contributed by atoms with Crippen molar-refractivity contribution in [2.24, 2.45) is 5.92 Å². The average molecular weight is 409 g/mol. The number of thiazole rings is 1. The molecule has 3 N–H and O–H groups in total. The van der Waals surface area contributed by atoms with Gasteiger partial charge in [-0.3, -0.25) is 14.9 Å². The highest BCUT2D eigenvalue weighted by molar-refractivity contribution is 7.99. The topological polar surface area (TPSA) is 83.1 Å². The maximum Gasteiger partial charge on any atom is 0.227 e. The summed E-state index contributed by atoms with van der Waals surface area (Å²) in [5.74, 6) is -0.719. The molecular weight excluding hydrogens is 387 g/mol. The summed E-state index contributed by atoms with van der Waals surface area (Å²) in [7, 11) is 0. The fraction of sp³-hybridized carbons (Fsp3) is 0.389. The van der Waals surface area contributed by atoms with Crippen LogP contribution in [0, 0.1) is 18.7 Å². The van der Waals surface area contributed by atoms with E-state index < -0.39 is 5.92 Å². The zero-order chi connectivity index (χ0) is 19.4. The smallest absolute Gasteiger partial charge is 0.227 e. The van der Waals surface area contributed by atoms with Crippen LogP contribution in [0.2, 0.25) is 0 Å². The van der Waals surface area contributed by atoms with E-state index in [0.29, 0.717) is 16.4 Å². The summed E-state index contributed by atoms with van der Waals surface area (Å²) in [5, 5.41) is 11.2. The van der Waals surface area contributed by atoms with Crippen molar-refractivity contribution >= 4 is 40.0 Å². The van der Waals surface area contributed by atoms with Gasteiger partial charge in [0.05, 0.1) is 11.6 Å². The van der Waals surface area contributed by atoms with Crippen molar-refractivity contribution in [3.05, 3.63) is 46.7 Å². The SMILES string of the molecule is Cc1csc(NC(=O)CC2C(=O)NC(SCc3ccccc3F)NC2C)n1. The maximum atomic E-state index is 13.7. The number of carbonyl (C=O) groups is 2. The van der Waals surface area contributed by atoms with Gasteiger partial charge in [0, 0.05) is 23.6 Å². The molecule has 2 heterocycles. The van der Waals surface area contributed by atoms with Crippen LogP contribution >= 0.6 is 23.1 Å². The summed E-state index contributed by atoms with van der Waals surface area (Å²) < 4.78 is 13.7. The Bertz CT molecular complexity index is 829. The predicted octanol–water partition coefficient (Wildman–Crippen LogP) is 2.86. The first-order chi connectivity index (χ1) is 12.9. The summed E-state index contributed by atoms with van der Waals surface area (Å²) in [6.45, 7) is 3.73. The van der Waals surface area contributed by atoms with E-state index in [1.54, 1.807) is 18.2 Å². The van der Waals surface area contributed by atoms with Gasteiger partial charge in [0.1, 0.15) is 11.3 Å². The Kier molecular flexibility index (Phi) is 6.46. The normalized spacial score (nSPS) is 22.3. The van der Waals surface area contributed by atoms with Gasteiger partial charge >= 0.3 is 0 Å². The van der Waals surface area contributed by atoms with Crippen LogP contribution in [0.25, 0.3) is 0 Å². The molecule has 2 aromatic rings.